The van der Waals surface area contributed by atoms with Crippen LogP contribution in [0.1, 0.15) is 31.2 Å². The largest absolute Gasteiger partial charge is 0.342 e. The fourth-order valence-corrected chi connectivity index (χ4v) is 2.49. The Morgan fingerprint density at radius 1 is 1.33 bits per heavy atom. The van der Waals surface area contributed by atoms with Crippen LogP contribution in [-0.2, 0) is 11.2 Å². The number of carbonyl (C=O) groups excluding carboxylic acids is 1. The lowest BCUT2D eigenvalue weighted by Gasteiger charge is -2.33. The molecule has 0 spiro atoms. The molecule has 4 nitrogen and oxygen atoms in total. The zero-order valence-corrected chi connectivity index (χ0v) is 10.9. The number of aromatic nitrogens is 1. The molecule has 2 rings (SSSR count). The van der Waals surface area contributed by atoms with Crippen LogP contribution in [0.3, 0.4) is 0 Å². The first-order valence-electron chi connectivity index (χ1n) is 6.57. The molecule has 1 amide bonds. The minimum atomic E-state index is 0.182. The van der Waals surface area contributed by atoms with E-state index in [1.54, 1.807) is 12.4 Å². The van der Waals surface area contributed by atoms with E-state index in [2.05, 4.69) is 4.98 Å². The maximum atomic E-state index is 12.2. The molecule has 1 aromatic heterocycles. The number of pyridine rings is 1. The summed E-state index contributed by atoms with van der Waals surface area (Å²) in [6.45, 7) is 0. The molecule has 0 aliphatic heterocycles. The summed E-state index contributed by atoms with van der Waals surface area (Å²) < 4.78 is 0. The van der Waals surface area contributed by atoms with Gasteiger partial charge in [-0.25, -0.2) is 0 Å². The van der Waals surface area contributed by atoms with Crippen LogP contribution in [-0.4, -0.2) is 34.9 Å². The van der Waals surface area contributed by atoms with E-state index in [1.807, 2.05) is 24.1 Å². The molecule has 0 unspecified atom stereocenters. The summed E-state index contributed by atoms with van der Waals surface area (Å²) in [6.07, 6.45) is 8.01. The standard InChI is InChI=1S/C14H21N3O/c1-17(13-4-2-12(15)3-5-13)14(18)10-11-6-8-16-9-7-11/h6-9,12-13H,2-5,10,15H2,1H3. The van der Waals surface area contributed by atoms with E-state index in [9.17, 15) is 4.79 Å². The predicted molar refractivity (Wildman–Crippen MR) is 70.9 cm³/mol. The van der Waals surface area contributed by atoms with Gasteiger partial charge in [-0.3, -0.25) is 9.78 Å². The molecule has 0 aromatic carbocycles. The highest BCUT2D eigenvalue weighted by atomic mass is 16.2. The third kappa shape index (κ3) is 3.29. The summed E-state index contributed by atoms with van der Waals surface area (Å²) in [5.74, 6) is 0.182. The van der Waals surface area contributed by atoms with E-state index in [1.165, 1.54) is 0 Å². The summed E-state index contributed by atoms with van der Waals surface area (Å²) in [5, 5.41) is 0. The first-order chi connectivity index (χ1) is 8.66. The molecule has 4 heteroatoms. The molecule has 2 N–H and O–H groups in total. The van der Waals surface area contributed by atoms with E-state index in [0.717, 1.165) is 31.2 Å². The van der Waals surface area contributed by atoms with Gasteiger partial charge in [-0.05, 0) is 43.4 Å². The van der Waals surface area contributed by atoms with Crippen molar-refractivity contribution in [2.45, 2.75) is 44.2 Å². The van der Waals surface area contributed by atoms with Gasteiger partial charge in [0.2, 0.25) is 5.91 Å². The van der Waals surface area contributed by atoms with Crippen molar-refractivity contribution >= 4 is 5.91 Å². The molecule has 18 heavy (non-hydrogen) atoms. The summed E-state index contributed by atoms with van der Waals surface area (Å²) in [7, 11) is 1.91. The van der Waals surface area contributed by atoms with Crippen LogP contribution in [0, 0.1) is 0 Å². The van der Waals surface area contributed by atoms with Crippen molar-refractivity contribution in [2.24, 2.45) is 5.73 Å². The second-order valence-corrected chi connectivity index (χ2v) is 5.11. The summed E-state index contributed by atoms with van der Waals surface area (Å²) in [6, 6.07) is 4.47. The van der Waals surface area contributed by atoms with Gasteiger partial charge in [-0.15, -0.1) is 0 Å². The quantitative estimate of drug-likeness (QED) is 0.877. The molecular formula is C14H21N3O. The summed E-state index contributed by atoms with van der Waals surface area (Å²) in [5.41, 5.74) is 6.91. The Morgan fingerprint density at radius 3 is 2.56 bits per heavy atom. The minimum absolute atomic E-state index is 0.182. The van der Waals surface area contributed by atoms with Gasteiger partial charge in [-0.1, -0.05) is 0 Å². The Morgan fingerprint density at radius 2 is 1.94 bits per heavy atom. The number of likely N-dealkylation sites (N-methyl/N-ethyl adjacent to an activating group) is 1. The number of rotatable bonds is 3. The minimum Gasteiger partial charge on any atom is -0.342 e. The van der Waals surface area contributed by atoms with Crippen LogP contribution in [0.2, 0.25) is 0 Å². The number of hydrogen-bond donors (Lipinski definition) is 1. The van der Waals surface area contributed by atoms with E-state index in [4.69, 9.17) is 5.73 Å². The molecular weight excluding hydrogens is 226 g/mol. The van der Waals surface area contributed by atoms with Crippen LogP contribution in [0.5, 0.6) is 0 Å². The fraction of sp³-hybridized carbons (Fsp3) is 0.571. The number of carbonyl (C=O) groups is 1. The third-order valence-electron chi connectivity index (χ3n) is 3.79. The van der Waals surface area contributed by atoms with Gasteiger partial charge in [0.25, 0.3) is 0 Å². The van der Waals surface area contributed by atoms with E-state index >= 15 is 0 Å². The van der Waals surface area contributed by atoms with Crippen molar-refractivity contribution < 1.29 is 4.79 Å². The highest BCUT2D eigenvalue weighted by molar-refractivity contribution is 5.78. The highest BCUT2D eigenvalue weighted by Gasteiger charge is 2.24. The van der Waals surface area contributed by atoms with Crippen LogP contribution < -0.4 is 5.73 Å². The van der Waals surface area contributed by atoms with Crippen LogP contribution in [0.15, 0.2) is 24.5 Å². The maximum absolute atomic E-state index is 12.2. The van der Waals surface area contributed by atoms with Gasteiger partial charge < -0.3 is 10.6 Å². The number of nitrogens with zero attached hydrogens (tertiary/aromatic N) is 2. The molecule has 1 heterocycles. The van der Waals surface area contributed by atoms with Crippen LogP contribution in [0.25, 0.3) is 0 Å². The SMILES string of the molecule is CN(C(=O)Cc1ccncc1)C1CCC(N)CC1. The Balaban J connectivity index is 1.89. The van der Waals surface area contributed by atoms with Gasteiger partial charge in [-0.2, -0.15) is 0 Å². The Labute approximate surface area is 108 Å². The Kier molecular flexibility index (Phi) is 4.31. The van der Waals surface area contributed by atoms with E-state index in [0.29, 0.717) is 18.5 Å². The van der Waals surface area contributed by atoms with E-state index < -0.39 is 0 Å². The van der Waals surface area contributed by atoms with Crippen molar-refractivity contribution in [3.05, 3.63) is 30.1 Å². The fourth-order valence-electron chi connectivity index (χ4n) is 2.49. The molecule has 0 atom stereocenters. The number of nitrogens with two attached hydrogens (primary N) is 1. The molecule has 1 aromatic rings. The molecule has 0 saturated heterocycles. The second kappa shape index (κ2) is 5.96. The monoisotopic (exact) mass is 247 g/mol. The van der Waals surface area contributed by atoms with Crippen molar-refractivity contribution in [1.29, 1.82) is 0 Å². The first kappa shape index (κ1) is 13.0. The van der Waals surface area contributed by atoms with Gasteiger partial charge >= 0.3 is 0 Å². The smallest absolute Gasteiger partial charge is 0.226 e. The Bertz CT molecular complexity index is 385. The highest BCUT2D eigenvalue weighted by Crippen LogP contribution is 2.21. The van der Waals surface area contributed by atoms with Gasteiger partial charge in [0.15, 0.2) is 0 Å². The molecule has 1 aliphatic carbocycles. The summed E-state index contributed by atoms with van der Waals surface area (Å²) >= 11 is 0. The van der Waals surface area contributed by atoms with Gasteiger partial charge in [0, 0.05) is 31.5 Å². The van der Waals surface area contributed by atoms with E-state index in [-0.39, 0.29) is 5.91 Å². The first-order valence-corrected chi connectivity index (χ1v) is 6.57. The van der Waals surface area contributed by atoms with Crippen LogP contribution >= 0.6 is 0 Å². The molecule has 1 fully saturated rings. The molecule has 0 bridgehead atoms. The third-order valence-corrected chi connectivity index (χ3v) is 3.79. The average molecular weight is 247 g/mol. The zero-order valence-electron chi connectivity index (χ0n) is 10.9. The number of hydrogen-bond acceptors (Lipinski definition) is 3. The van der Waals surface area contributed by atoms with Gasteiger partial charge in [0.1, 0.15) is 0 Å². The lowest BCUT2D eigenvalue weighted by molar-refractivity contribution is -0.131. The molecule has 1 saturated carbocycles. The number of amides is 1. The molecule has 0 radical (unpaired) electrons. The van der Waals surface area contributed by atoms with Crippen molar-refractivity contribution in [2.75, 3.05) is 7.05 Å². The molecule has 98 valence electrons. The molecule has 1 aliphatic rings. The van der Waals surface area contributed by atoms with Crippen molar-refractivity contribution in [3.63, 3.8) is 0 Å². The average Bonchev–Trinajstić information content (AvgIpc) is 2.40. The summed E-state index contributed by atoms with van der Waals surface area (Å²) in [4.78, 5) is 18.0. The van der Waals surface area contributed by atoms with Gasteiger partial charge in [0.05, 0.1) is 6.42 Å². The predicted octanol–water partition coefficient (Wildman–Crippen LogP) is 1.35. The van der Waals surface area contributed by atoms with Crippen molar-refractivity contribution in [3.8, 4) is 0 Å². The zero-order chi connectivity index (χ0) is 13.0. The normalized spacial score (nSPS) is 23.7. The lowest BCUT2D eigenvalue weighted by atomic mass is 9.91. The van der Waals surface area contributed by atoms with Crippen molar-refractivity contribution in [1.82, 2.24) is 9.88 Å². The maximum Gasteiger partial charge on any atom is 0.226 e. The van der Waals surface area contributed by atoms with Crippen LogP contribution in [0.4, 0.5) is 0 Å². The Hall–Kier alpha value is -1.42. The topological polar surface area (TPSA) is 59.2 Å². The second-order valence-electron chi connectivity index (χ2n) is 5.11. The lowest BCUT2D eigenvalue weighted by Crippen LogP contribution is -2.42.